The van der Waals surface area contributed by atoms with Gasteiger partial charge in [0.15, 0.2) is 0 Å². The van der Waals surface area contributed by atoms with Crippen molar-refractivity contribution in [3.05, 3.63) is 0 Å². The number of nitrogens with zero attached hydrogens (tertiary/aromatic N) is 3. The molecule has 0 aromatic rings. The molecular formula is C12H24Br6N3Sn. The number of alkyl halides is 6. The number of hydrogen-bond acceptors (Lipinski definition) is 3. The van der Waals surface area contributed by atoms with E-state index in [2.05, 4.69) is 105 Å². The van der Waals surface area contributed by atoms with Gasteiger partial charge in [0.25, 0.3) is 0 Å². The van der Waals surface area contributed by atoms with Crippen LogP contribution < -0.4 is 0 Å². The van der Waals surface area contributed by atoms with Crippen LogP contribution >= 0.6 is 95.6 Å². The van der Waals surface area contributed by atoms with Gasteiger partial charge in [-0.25, -0.2) is 0 Å². The van der Waals surface area contributed by atoms with Crippen LogP contribution in [-0.4, -0.2) is 101 Å². The van der Waals surface area contributed by atoms with Crippen LogP contribution in [0.5, 0.6) is 0 Å². The second kappa shape index (κ2) is 17.9. The predicted molar refractivity (Wildman–Crippen MR) is 123 cm³/mol. The van der Waals surface area contributed by atoms with Crippen molar-refractivity contribution < 1.29 is 0 Å². The van der Waals surface area contributed by atoms with Gasteiger partial charge < -0.3 is 0 Å². The average Bonchev–Trinajstić information content (AvgIpc) is 2.49. The Morgan fingerprint density at radius 2 is 0.591 bits per heavy atom. The van der Waals surface area contributed by atoms with E-state index < -0.39 is 20.6 Å². The molecule has 0 aliphatic carbocycles. The molecule has 0 rings (SSSR count). The van der Waals surface area contributed by atoms with Crippen LogP contribution in [0.1, 0.15) is 0 Å². The van der Waals surface area contributed by atoms with Gasteiger partial charge >= 0.3 is 197 Å². The van der Waals surface area contributed by atoms with Crippen molar-refractivity contribution in [3.63, 3.8) is 0 Å². The summed E-state index contributed by atoms with van der Waals surface area (Å²) in [5, 5.41) is 6.23. The quantitative estimate of drug-likeness (QED) is 0.181. The van der Waals surface area contributed by atoms with E-state index in [9.17, 15) is 0 Å². The zero-order valence-electron chi connectivity index (χ0n) is 12.6. The topological polar surface area (TPSA) is 9.72 Å². The van der Waals surface area contributed by atoms with Crippen molar-refractivity contribution in [2.75, 3.05) is 71.2 Å². The van der Waals surface area contributed by atoms with Crippen LogP contribution in [0.3, 0.4) is 0 Å². The SMILES string of the molecule is BrCC[N](CCBr)[Sn]([N](CCBr)CCBr)[N](CCBr)CCBr. The Morgan fingerprint density at radius 3 is 0.727 bits per heavy atom. The average molecular weight is 808 g/mol. The van der Waals surface area contributed by atoms with Crippen LogP contribution in [0.4, 0.5) is 0 Å². The van der Waals surface area contributed by atoms with Gasteiger partial charge in [0.1, 0.15) is 0 Å². The van der Waals surface area contributed by atoms with Crippen LogP contribution in [0, 0.1) is 0 Å². The first-order chi connectivity index (χ1) is 10.7. The van der Waals surface area contributed by atoms with Gasteiger partial charge in [0, 0.05) is 0 Å². The van der Waals surface area contributed by atoms with Crippen molar-refractivity contribution in [2.45, 2.75) is 0 Å². The van der Waals surface area contributed by atoms with Crippen LogP contribution in [-0.2, 0) is 0 Å². The molecule has 0 aliphatic heterocycles. The van der Waals surface area contributed by atoms with E-state index in [1.54, 1.807) is 0 Å². The Bertz CT molecular complexity index is 199. The molecule has 0 heterocycles. The third kappa shape index (κ3) is 10.6. The van der Waals surface area contributed by atoms with Crippen LogP contribution in [0.15, 0.2) is 0 Å². The van der Waals surface area contributed by atoms with Crippen molar-refractivity contribution in [3.8, 4) is 0 Å². The molecule has 0 aromatic heterocycles. The molecule has 10 heteroatoms. The zero-order valence-corrected chi connectivity index (χ0v) is 25.0. The summed E-state index contributed by atoms with van der Waals surface area (Å²) < 4.78 is 8.26. The summed E-state index contributed by atoms with van der Waals surface area (Å²) in [5.74, 6) is 0. The van der Waals surface area contributed by atoms with Crippen molar-refractivity contribution in [2.24, 2.45) is 0 Å². The number of rotatable bonds is 15. The summed E-state index contributed by atoms with van der Waals surface area (Å²) in [7, 11) is 0. The molecule has 0 spiro atoms. The first kappa shape index (κ1) is 25.6. The van der Waals surface area contributed by atoms with Crippen molar-refractivity contribution in [1.82, 2.24) is 9.36 Å². The Balaban J connectivity index is 5.34. The molecule has 0 bridgehead atoms. The van der Waals surface area contributed by atoms with E-state index in [0.29, 0.717) is 0 Å². The first-order valence-electron chi connectivity index (χ1n) is 7.17. The molecule has 0 atom stereocenters. The Labute approximate surface area is 194 Å². The standard InChI is InChI=1S/3C4H8Br2N.Sn/c3*5-1-3-7-4-2-6;/h3*1-4H2;/q3*-1;+3. The Hall–Kier alpha value is 3.56. The normalized spacial score (nSPS) is 12.3. The van der Waals surface area contributed by atoms with Crippen molar-refractivity contribution >= 4 is 116 Å². The molecule has 0 aromatic carbocycles. The monoisotopic (exact) mass is 804 g/mol. The fourth-order valence-corrected chi connectivity index (χ4v) is 19.1. The molecular weight excluding hydrogens is 784 g/mol. The van der Waals surface area contributed by atoms with E-state index in [1.165, 1.54) is 0 Å². The minimum absolute atomic E-state index is 1.04. The van der Waals surface area contributed by atoms with Gasteiger partial charge in [-0.05, 0) is 0 Å². The molecule has 22 heavy (non-hydrogen) atoms. The molecule has 133 valence electrons. The molecule has 0 saturated carbocycles. The summed E-state index contributed by atoms with van der Waals surface area (Å²) in [6.45, 7) is 6.76. The van der Waals surface area contributed by atoms with Gasteiger partial charge in [0.2, 0.25) is 0 Å². The molecule has 0 unspecified atom stereocenters. The molecule has 0 saturated heterocycles. The van der Waals surface area contributed by atoms with E-state index in [1.807, 2.05) is 0 Å². The van der Waals surface area contributed by atoms with E-state index in [4.69, 9.17) is 0 Å². The van der Waals surface area contributed by atoms with Gasteiger partial charge in [-0.3, -0.25) is 0 Å². The van der Waals surface area contributed by atoms with Gasteiger partial charge in [0.05, 0.1) is 0 Å². The van der Waals surface area contributed by atoms with Gasteiger partial charge in [-0.1, -0.05) is 0 Å². The summed E-state index contributed by atoms with van der Waals surface area (Å²) in [5.41, 5.74) is 0. The summed E-state index contributed by atoms with van der Waals surface area (Å²) >= 11 is 19.8. The molecule has 0 fully saturated rings. The van der Waals surface area contributed by atoms with Gasteiger partial charge in [-0.2, -0.15) is 0 Å². The summed E-state index contributed by atoms with van der Waals surface area (Å²) in [6.07, 6.45) is 0. The van der Waals surface area contributed by atoms with E-state index in [0.717, 1.165) is 71.2 Å². The molecule has 3 nitrogen and oxygen atoms in total. The number of halogens is 6. The number of hydrogen-bond donors (Lipinski definition) is 0. The molecule has 1 radical (unpaired) electrons. The maximum absolute atomic E-state index is 3.64. The fraction of sp³-hybridized carbons (Fsp3) is 1.00. The first-order valence-corrected chi connectivity index (χ1v) is 17.7. The zero-order chi connectivity index (χ0) is 16.8. The predicted octanol–water partition coefficient (Wildman–Crippen LogP) is 4.25. The Morgan fingerprint density at radius 1 is 0.409 bits per heavy atom. The second-order valence-corrected chi connectivity index (χ2v) is 16.3. The summed E-state index contributed by atoms with van der Waals surface area (Å²) in [4.78, 5) is 0. The minimum atomic E-state index is -2.07. The molecule has 0 aliphatic rings. The summed E-state index contributed by atoms with van der Waals surface area (Å²) in [6, 6.07) is 0. The molecule has 0 N–H and O–H groups in total. The second-order valence-electron chi connectivity index (χ2n) is 4.40. The fourth-order valence-electron chi connectivity index (χ4n) is 2.15. The van der Waals surface area contributed by atoms with E-state index in [-0.39, 0.29) is 0 Å². The molecule has 0 amide bonds. The van der Waals surface area contributed by atoms with Gasteiger partial charge in [-0.15, -0.1) is 0 Å². The Kier molecular flexibility index (Phi) is 20.9. The maximum atomic E-state index is 3.64. The van der Waals surface area contributed by atoms with Crippen LogP contribution in [0.25, 0.3) is 0 Å². The van der Waals surface area contributed by atoms with Crippen LogP contribution in [0.2, 0.25) is 0 Å². The van der Waals surface area contributed by atoms with E-state index >= 15 is 0 Å². The van der Waals surface area contributed by atoms with Crippen molar-refractivity contribution in [1.29, 1.82) is 0 Å². The third-order valence-electron chi connectivity index (χ3n) is 2.98. The third-order valence-corrected chi connectivity index (χ3v) is 13.8.